The molecule has 1 aromatic carbocycles. The van der Waals surface area contributed by atoms with Gasteiger partial charge < -0.3 is 15.7 Å². The molecular weight excluding hydrogens is 224 g/mol. The molecule has 3 heteroatoms. The Morgan fingerprint density at radius 3 is 2.17 bits per heavy atom. The number of aliphatic hydroxyl groups excluding tert-OH is 1. The summed E-state index contributed by atoms with van der Waals surface area (Å²) in [6.45, 7) is 5.60. The van der Waals surface area contributed by atoms with Crippen LogP contribution >= 0.6 is 0 Å². The van der Waals surface area contributed by atoms with E-state index in [1.54, 1.807) is 0 Å². The van der Waals surface area contributed by atoms with Gasteiger partial charge >= 0.3 is 0 Å². The molecule has 0 radical (unpaired) electrons. The molecule has 1 atom stereocenters. The van der Waals surface area contributed by atoms with Crippen LogP contribution in [0.3, 0.4) is 0 Å². The van der Waals surface area contributed by atoms with Crippen molar-refractivity contribution in [3.8, 4) is 0 Å². The van der Waals surface area contributed by atoms with Crippen molar-refractivity contribution in [1.82, 2.24) is 4.90 Å². The van der Waals surface area contributed by atoms with Gasteiger partial charge in [-0.25, -0.2) is 0 Å². The van der Waals surface area contributed by atoms with E-state index >= 15 is 0 Å². The highest BCUT2D eigenvalue weighted by atomic mass is 16.3. The van der Waals surface area contributed by atoms with Gasteiger partial charge in [0.05, 0.1) is 6.10 Å². The SMILES string of the molecule is CCC(CC)N(C)CC(O)c1ccc(CN)cc1. The minimum absolute atomic E-state index is 0.428. The van der Waals surface area contributed by atoms with Gasteiger partial charge in [0, 0.05) is 19.1 Å². The van der Waals surface area contributed by atoms with Crippen molar-refractivity contribution in [1.29, 1.82) is 0 Å². The zero-order valence-electron chi connectivity index (χ0n) is 11.8. The zero-order valence-corrected chi connectivity index (χ0v) is 11.8. The lowest BCUT2D eigenvalue weighted by Gasteiger charge is -2.28. The molecule has 0 aliphatic heterocycles. The largest absolute Gasteiger partial charge is 0.387 e. The van der Waals surface area contributed by atoms with Crippen molar-refractivity contribution < 1.29 is 5.11 Å². The summed E-state index contributed by atoms with van der Waals surface area (Å²) in [7, 11) is 2.08. The molecule has 0 spiro atoms. The Labute approximate surface area is 111 Å². The molecule has 3 N–H and O–H groups in total. The van der Waals surface area contributed by atoms with Gasteiger partial charge in [-0.1, -0.05) is 38.1 Å². The molecule has 102 valence electrons. The maximum Gasteiger partial charge on any atom is 0.0916 e. The van der Waals surface area contributed by atoms with Gasteiger partial charge in [0.2, 0.25) is 0 Å². The minimum Gasteiger partial charge on any atom is -0.387 e. The fourth-order valence-corrected chi connectivity index (χ4v) is 2.32. The molecule has 0 fully saturated rings. The Balaban J connectivity index is 2.60. The highest BCUT2D eigenvalue weighted by Gasteiger charge is 2.15. The molecule has 18 heavy (non-hydrogen) atoms. The number of nitrogens with zero attached hydrogens (tertiary/aromatic N) is 1. The maximum atomic E-state index is 10.2. The van der Waals surface area contributed by atoms with E-state index in [0.29, 0.717) is 19.1 Å². The van der Waals surface area contributed by atoms with Crippen molar-refractivity contribution >= 4 is 0 Å². The summed E-state index contributed by atoms with van der Waals surface area (Å²) in [6.07, 6.45) is 1.81. The summed E-state index contributed by atoms with van der Waals surface area (Å²) < 4.78 is 0. The standard InChI is InChI=1S/C15H26N2O/c1-4-14(5-2)17(3)11-15(18)13-8-6-12(10-16)7-9-13/h6-9,14-15,18H,4-5,10-11,16H2,1-3H3. The Hall–Kier alpha value is -0.900. The molecule has 1 rings (SSSR count). The Morgan fingerprint density at radius 2 is 1.72 bits per heavy atom. The molecule has 0 saturated heterocycles. The molecule has 0 aliphatic carbocycles. The third-order valence-electron chi connectivity index (χ3n) is 3.63. The maximum absolute atomic E-state index is 10.2. The number of likely N-dealkylation sites (N-methyl/N-ethyl adjacent to an activating group) is 1. The van der Waals surface area contributed by atoms with Gasteiger partial charge in [-0.15, -0.1) is 0 Å². The van der Waals surface area contributed by atoms with E-state index < -0.39 is 6.10 Å². The summed E-state index contributed by atoms with van der Waals surface area (Å²) >= 11 is 0. The highest BCUT2D eigenvalue weighted by molar-refractivity contribution is 5.24. The average molecular weight is 250 g/mol. The predicted molar refractivity (Wildman–Crippen MR) is 76.3 cm³/mol. The first kappa shape index (κ1) is 15.2. The number of benzene rings is 1. The first-order valence-corrected chi connectivity index (χ1v) is 6.79. The van der Waals surface area contributed by atoms with Crippen LogP contribution in [-0.4, -0.2) is 29.6 Å². The summed E-state index contributed by atoms with van der Waals surface area (Å²) in [6, 6.07) is 8.44. The van der Waals surface area contributed by atoms with Crippen molar-refractivity contribution in [3.05, 3.63) is 35.4 Å². The normalized spacial score (nSPS) is 13.3. The molecule has 1 unspecified atom stereocenters. The predicted octanol–water partition coefficient (Wildman–Crippen LogP) is 2.30. The van der Waals surface area contributed by atoms with Crippen LogP contribution in [0.2, 0.25) is 0 Å². The molecule has 3 nitrogen and oxygen atoms in total. The fraction of sp³-hybridized carbons (Fsp3) is 0.600. The fourth-order valence-electron chi connectivity index (χ4n) is 2.32. The van der Waals surface area contributed by atoms with E-state index in [1.165, 1.54) is 0 Å². The van der Waals surface area contributed by atoms with E-state index in [2.05, 4.69) is 25.8 Å². The molecule has 0 aromatic heterocycles. The topological polar surface area (TPSA) is 49.5 Å². The number of aliphatic hydroxyl groups is 1. The molecule has 0 heterocycles. The van der Waals surface area contributed by atoms with Crippen LogP contribution in [0.5, 0.6) is 0 Å². The number of nitrogens with two attached hydrogens (primary N) is 1. The molecule has 0 saturated carbocycles. The molecule has 0 amide bonds. The van der Waals surface area contributed by atoms with Crippen LogP contribution in [-0.2, 0) is 6.54 Å². The van der Waals surface area contributed by atoms with Crippen LogP contribution in [0, 0.1) is 0 Å². The lowest BCUT2D eigenvalue weighted by atomic mass is 10.0. The van der Waals surface area contributed by atoms with Gasteiger partial charge in [-0.05, 0) is 31.0 Å². The van der Waals surface area contributed by atoms with E-state index in [1.807, 2.05) is 24.3 Å². The minimum atomic E-state index is -0.428. The van der Waals surface area contributed by atoms with Crippen LogP contribution in [0.15, 0.2) is 24.3 Å². The second-order valence-corrected chi connectivity index (χ2v) is 4.87. The Morgan fingerprint density at radius 1 is 1.17 bits per heavy atom. The third-order valence-corrected chi connectivity index (χ3v) is 3.63. The quantitative estimate of drug-likeness (QED) is 0.780. The highest BCUT2D eigenvalue weighted by Crippen LogP contribution is 2.17. The van der Waals surface area contributed by atoms with E-state index in [0.717, 1.165) is 24.0 Å². The summed E-state index contributed by atoms with van der Waals surface area (Å²) in [5, 5.41) is 10.2. The zero-order chi connectivity index (χ0) is 13.5. The van der Waals surface area contributed by atoms with Crippen molar-refractivity contribution in [2.24, 2.45) is 5.73 Å². The summed E-state index contributed by atoms with van der Waals surface area (Å²) in [5.74, 6) is 0. The van der Waals surface area contributed by atoms with Crippen LogP contribution < -0.4 is 5.73 Å². The monoisotopic (exact) mass is 250 g/mol. The van der Waals surface area contributed by atoms with Crippen molar-refractivity contribution in [3.63, 3.8) is 0 Å². The van der Waals surface area contributed by atoms with Crippen molar-refractivity contribution in [2.45, 2.75) is 45.4 Å². The lowest BCUT2D eigenvalue weighted by Crippen LogP contribution is -2.34. The molecular formula is C15H26N2O. The van der Waals surface area contributed by atoms with Crippen molar-refractivity contribution in [2.75, 3.05) is 13.6 Å². The van der Waals surface area contributed by atoms with Crippen LogP contribution in [0.25, 0.3) is 0 Å². The molecule has 1 aromatic rings. The molecule has 0 aliphatic rings. The van der Waals surface area contributed by atoms with E-state index in [9.17, 15) is 5.11 Å². The first-order chi connectivity index (χ1) is 8.62. The van der Waals surface area contributed by atoms with Crippen LogP contribution in [0.4, 0.5) is 0 Å². The van der Waals surface area contributed by atoms with Gasteiger partial charge in [0.1, 0.15) is 0 Å². The van der Waals surface area contributed by atoms with Gasteiger partial charge in [-0.3, -0.25) is 0 Å². The lowest BCUT2D eigenvalue weighted by molar-refractivity contribution is 0.101. The van der Waals surface area contributed by atoms with Gasteiger partial charge in [0.15, 0.2) is 0 Å². The summed E-state index contributed by atoms with van der Waals surface area (Å²) in [5.41, 5.74) is 7.62. The van der Waals surface area contributed by atoms with Gasteiger partial charge in [-0.2, -0.15) is 0 Å². The van der Waals surface area contributed by atoms with E-state index in [4.69, 9.17) is 5.73 Å². The Bertz CT molecular complexity index is 333. The second-order valence-electron chi connectivity index (χ2n) is 4.87. The average Bonchev–Trinajstić information content (AvgIpc) is 2.40. The third kappa shape index (κ3) is 4.09. The Kier molecular flexibility index (Phi) is 6.33. The van der Waals surface area contributed by atoms with Crippen LogP contribution in [0.1, 0.15) is 43.9 Å². The smallest absolute Gasteiger partial charge is 0.0916 e. The first-order valence-electron chi connectivity index (χ1n) is 6.79. The number of hydrogen-bond acceptors (Lipinski definition) is 3. The number of rotatable bonds is 7. The molecule has 0 bridgehead atoms. The second kappa shape index (κ2) is 7.52. The number of hydrogen-bond donors (Lipinski definition) is 2. The van der Waals surface area contributed by atoms with Gasteiger partial charge in [0.25, 0.3) is 0 Å². The summed E-state index contributed by atoms with van der Waals surface area (Å²) in [4.78, 5) is 2.24. The van der Waals surface area contributed by atoms with E-state index in [-0.39, 0.29) is 0 Å².